The maximum absolute atomic E-state index is 5.73. The van der Waals surface area contributed by atoms with Crippen LogP contribution in [0, 0.1) is 0 Å². The number of rotatable bonds is 5. The van der Waals surface area contributed by atoms with Crippen LogP contribution in [0.5, 0.6) is 0 Å². The Labute approximate surface area is 102 Å². The van der Waals surface area contributed by atoms with E-state index >= 15 is 0 Å². The zero-order chi connectivity index (χ0) is 11.5. The molecule has 0 aromatic carbocycles. The molecule has 0 aliphatic heterocycles. The molecule has 1 saturated carbocycles. The van der Waals surface area contributed by atoms with Gasteiger partial charge < -0.3 is 10.6 Å². The summed E-state index contributed by atoms with van der Waals surface area (Å²) < 4.78 is 0. The average Bonchev–Trinajstić information content (AvgIpc) is 3.10. The minimum atomic E-state index is 0.435. The monoisotopic (exact) mass is 235 g/mol. The lowest BCUT2D eigenvalue weighted by molar-refractivity contribution is 0.750. The van der Waals surface area contributed by atoms with Crippen LogP contribution in [0.3, 0.4) is 0 Å². The predicted octanol–water partition coefficient (Wildman–Crippen LogP) is 2.09. The Balaban J connectivity index is 2.32. The van der Waals surface area contributed by atoms with Gasteiger partial charge in [0.15, 0.2) is 0 Å². The van der Waals surface area contributed by atoms with Crippen LogP contribution in [0.1, 0.15) is 31.7 Å². The van der Waals surface area contributed by atoms with Crippen LogP contribution in [-0.2, 0) is 0 Å². The van der Waals surface area contributed by atoms with Gasteiger partial charge in [0.25, 0.3) is 0 Å². The molecule has 0 saturated heterocycles. The van der Waals surface area contributed by atoms with Crippen LogP contribution in [0.4, 0.5) is 5.82 Å². The molecule has 1 aliphatic rings. The first-order valence-corrected chi connectivity index (χ1v) is 6.16. The van der Waals surface area contributed by atoms with E-state index in [1.165, 1.54) is 12.8 Å². The molecular weight excluding hydrogens is 218 g/mol. The Bertz CT molecular complexity index is 388. The molecule has 0 amide bonds. The zero-order valence-corrected chi connectivity index (χ0v) is 10.3. The van der Waals surface area contributed by atoms with E-state index in [-0.39, 0.29) is 0 Å². The van der Waals surface area contributed by atoms with E-state index in [0.29, 0.717) is 11.0 Å². The first kappa shape index (κ1) is 11.3. The number of pyridine rings is 1. The number of aromatic nitrogens is 1. The third-order valence-corrected chi connectivity index (χ3v) is 3.00. The summed E-state index contributed by atoms with van der Waals surface area (Å²) in [4.78, 5) is 7.22. The van der Waals surface area contributed by atoms with E-state index in [9.17, 15) is 0 Å². The molecule has 1 aliphatic carbocycles. The first-order chi connectivity index (χ1) is 7.74. The highest BCUT2D eigenvalue weighted by molar-refractivity contribution is 7.80. The molecule has 0 unspecified atom stereocenters. The van der Waals surface area contributed by atoms with Crippen LogP contribution in [0.2, 0.25) is 0 Å². The molecule has 2 rings (SSSR count). The summed E-state index contributed by atoms with van der Waals surface area (Å²) in [7, 11) is 0. The minimum absolute atomic E-state index is 0.435. The van der Waals surface area contributed by atoms with Gasteiger partial charge in [0.05, 0.1) is 5.56 Å². The molecule has 0 atom stereocenters. The van der Waals surface area contributed by atoms with Crippen molar-refractivity contribution in [1.29, 1.82) is 0 Å². The summed E-state index contributed by atoms with van der Waals surface area (Å²) in [6.45, 7) is 3.20. The molecule has 1 heterocycles. The third kappa shape index (κ3) is 2.32. The molecule has 16 heavy (non-hydrogen) atoms. The summed E-state index contributed by atoms with van der Waals surface area (Å²) in [5.41, 5.74) is 6.63. The quantitative estimate of drug-likeness (QED) is 0.794. The van der Waals surface area contributed by atoms with E-state index in [1.807, 2.05) is 18.3 Å². The molecule has 3 nitrogen and oxygen atoms in total. The van der Waals surface area contributed by atoms with Crippen LogP contribution < -0.4 is 10.6 Å². The van der Waals surface area contributed by atoms with Crippen LogP contribution in [0.25, 0.3) is 0 Å². The average molecular weight is 235 g/mol. The van der Waals surface area contributed by atoms with Crippen LogP contribution in [0.15, 0.2) is 18.3 Å². The summed E-state index contributed by atoms with van der Waals surface area (Å²) >= 11 is 5.07. The van der Waals surface area contributed by atoms with Gasteiger partial charge in [0, 0.05) is 18.8 Å². The van der Waals surface area contributed by atoms with Crippen LogP contribution in [-0.4, -0.2) is 22.6 Å². The summed E-state index contributed by atoms with van der Waals surface area (Å²) in [5.74, 6) is 0.958. The second-order valence-corrected chi connectivity index (χ2v) is 4.60. The fraction of sp³-hybridized carbons (Fsp3) is 0.500. The largest absolute Gasteiger partial charge is 0.389 e. The molecule has 1 fully saturated rings. The maximum Gasteiger partial charge on any atom is 0.139 e. The van der Waals surface area contributed by atoms with Gasteiger partial charge in [0.1, 0.15) is 10.8 Å². The van der Waals surface area contributed by atoms with Crippen molar-refractivity contribution in [1.82, 2.24) is 4.98 Å². The fourth-order valence-corrected chi connectivity index (χ4v) is 2.07. The van der Waals surface area contributed by atoms with Crippen molar-refractivity contribution in [2.45, 2.75) is 32.2 Å². The van der Waals surface area contributed by atoms with Crippen molar-refractivity contribution in [3.8, 4) is 0 Å². The van der Waals surface area contributed by atoms with E-state index in [4.69, 9.17) is 18.0 Å². The lowest BCUT2D eigenvalue weighted by atomic mass is 10.2. The lowest BCUT2D eigenvalue weighted by Crippen LogP contribution is -2.30. The van der Waals surface area contributed by atoms with Gasteiger partial charge in [-0.15, -0.1) is 0 Å². The van der Waals surface area contributed by atoms with Crippen molar-refractivity contribution in [2.75, 3.05) is 11.4 Å². The summed E-state index contributed by atoms with van der Waals surface area (Å²) in [5, 5.41) is 0. The number of nitrogens with two attached hydrogens (primary N) is 1. The van der Waals surface area contributed by atoms with Gasteiger partial charge in [-0.3, -0.25) is 0 Å². The van der Waals surface area contributed by atoms with Gasteiger partial charge in [-0.1, -0.05) is 19.1 Å². The lowest BCUT2D eigenvalue weighted by Gasteiger charge is -2.24. The molecule has 2 N–H and O–H groups in total. The zero-order valence-electron chi connectivity index (χ0n) is 9.52. The van der Waals surface area contributed by atoms with Gasteiger partial charge >= 0.3 is 0 Å². The third-order valence-electron chi connectivity index (χ3n) is 2.78. The number of nitrogens with zero attached hydrogens (tertiary/aromatic N) is 2. The second-order valence-electron chi connectivity index (χ2n) is 4.16. The molecular formula is C12H17N3S. The van der Waals surface area contributed by atoms with E-state index in [1.54, 1.807) is 0 Å². The SMILES string of the molecule is CCCN(c1ncccc1C(N)=S)C1CC1. The van der Waals surface area contributed by atoms with Crippen molar-refractivity contribution < 1.29 is 0 Å². The Morgan fingerprint density at radius 3 is 2.94 bits per heavy atom. The minimum Gasteiger partial charge on any atom is -0.389 e. The highest BCUT2D eigenvalue weighted by Gasteiger charge is 2.30. The Kier molecular flexibility index (Phi) is 3.39. The second kappa shape index (κ2) is 4.78. The first-order valence-electron chi connectivity index (χ1n) is 5.75. The Morgan fingerprint density at radius 1 is 1.62 bits per heavy atom. The van der Waals surface area contributed by atoms with E-state index in [0.717, 1.165) is 24.3 Å². The summed E-state index contributed by atoms with van der Waals surface area (Å²) in [6, 6.07) is 4.48. The highest BCUT2D eigenvalue weighted by Crippen LogP contribution is 2.32. The highest BCUT2D eigenvalue weighted by atomic mass is 32.1. The van der Waals surface area contributed by atoms with Crippen molar-refractivity contribution >= 4 is 23.0 Å². The van der Waals surface area contributed by atoms with Gasteiger partial charge in [0.2, 0.25) is 0 Å². The van der Waals surface area contributed by atoms with Crippen molar-refractivity contribution in [3.63, 3.8) is 0 Å². The molecule has 0 radical (unpaired) electrons. The van der Waals surface area contributed by atoms with Crippen molar-refractivity contribution in [2.24, 2.45) is 5.73 Å². The number of hydrogen-bond donors (Lipinski definition) is 1. The smallest absolute Gasteiger partial charge is 0.139 e. The number of thiocarbonyl (C=S) groups is 1. The number of anilines is 1. The van der Waals surface area contributed by atoms with Gasteiger partial charge in [-0.25, -0.2) is 4.98 Å². The van der Waals surface area contributed by atoms with E-state index < -0.39 is 0 Å². The normalized spacial score (nSPS) is 14.8. The molecule has 0 bridgehead atoms. The molecule has 4 heteroatoms. The Morgan fingerprint density at radius 2 is 2.38 bits per heavy atom. The number of hydrogen-bond acceptors (Lipinski definition) is 3. The standard InChI is InChI=1S/C12H17N3S/c1-2-8-15(9-5-6-9)12-10(11(13)16)4-3-7-14-12/h3-4,7,9H,2,5-6,8H2,1H3,(H2,13,16). The van der Waals surface area contributed by atoms with E-state index in [2.05, 4.69) is 16.8 Å². The van der Waals surface area contributed by atoms with Gasteiger partial charge in [-0.05, 0) is 31.4 Å². The molecule has 86 valence electrons. The topological polar surface area (TPSA) is 42.2 Å². The maximum atomic E-state index is 5.73. The van der Waals surface area contributed by atoms with Crippen molar-refractivity contribution in [3.05, 3.63) is 23.9 Å². The fourth-order valence-electron chi connectivity index (χ4n) is 1.91. The van der Waals surface area contributed by atoms with Crippen LogP contribution >= 0.6 is 12.2 Å². The summed E-state index contributed by atoms with van der Waals surface area (Å²) in [6.07, 6.45) is 5.44. The van der Waals surface area contributed by atoms with Gasteiger partial charge in [-0.2, -0.15) is 0 Å². The molecule has 1 aromatic heterocycles. The molecule has 0 spiro atoms. The predicted molar refractivity (Wildman–Crippen MR) is 70.8 cm³/mol. The molecule has 1 aromatic rings. The Hall–Kier alpha value is -1.16.